The molecule has 0 radical (unpaired) electrons. The topological polar surface area (TPSA) is 53.4 Å². The molecule has 1 atom stereocenters. The van der Waals surface area contributed by atoms with Crippen molar-refractivity contribution in [3.05, 3.63) is 29.6 Å². The van der Waals surface area contributed by atoms with Crippen LogP contribution in [0.4, 0.5) is 0 Å². The van der Waals surface area contributed by atoms with Crippen LogP contribution in [0.2, 0.25) is 0 Å². The highest BCUT2D eigenvalue weighted by Gasteiger charge is 2.41. The van der Waals surface area contributed by atoms with E-state index in [2.05, 4.69) is 4.98 Å². The predicted octanol–water partition coefficient (Wildman–Crippen LogP) is 1.33. The number of carbonyl (C=O) groups is 1. The maximum atomic E-state index is 12.0. The Kier molecular flexibility index (Phi) is 2.04. The van der Waals surface area contributed by atoms with Crippen LogP contribution in [0, 0.1) is 0 Å². The van der Waals surface area contributed by atoms with Crippen molar-refractivity contribution in [2.75, 3.05) is 0 Å². The quantitative estimate of drug-likeness (QED) is 0.696. The number of amides is 1. The molecule has 2 heterocycles. The van der Waals surface area contributed by atoms with E-state index in [4.69, 9.17) is 0 Å². The average molecular weight is 206 g/mol. The van der Waals surface area contributed by atoms with Crippen LogP contribution in [-0.4, -0.2) is 26.4 Å². The van der Waals surface area contributed by atoms with Gasteiger partial charge in [0, 0.05) is 23.5 Å². The lowest BCUT2D eigenvalue weighted by atomic mass is 10.1. The van der Waals surface area contributed by atoms with Gasteiger partial charge < -0.3 is 10.0 Å². The summed E-state index contributed by atoms with van der Waals surface area (Å²) in [4.78, 5) is 17.4. The van der Waals surface area contributed by atoms with Gasteiger partial charge in [-0.3, -0.25) is 9.78 Å². The summed E-state index contributed by atoms with van der Waals surface area (Å²) in [5.74, 6) is -0.155. The van der Waals surface area contributed by atoms with Crippen molar-refractivity contribution in [2.45, 2.75) is 32.5 Å². The van der Waals surface area contributed by atoms with Crippen LogP contribution in [0.25, 0.3) is 0 Å². The molecular weight excluding hydrogens is 192 g/mol. The molecule has 0 bridgehead atoms. The minimum Gasteiger partial charge on any atom is -0.369 e. The van der Waals surface area contributed by atoms with Crippen LogP contribution in [-0.2, 0) is 0 Å². The van der Waals surface area contributed by atoms with Crippen molar-refractivity contribution in [1.29, 1.82) is 0 Å². The Morgan fingerprint density at radius 1 is 1.47 bits per heavy atom. The Labute approximate surface area is 88.6 Å². The van der Waals surface area contributed by atoms with E-state index in [1.54, 1.807) is 12.3 Å². The molecule has 0 saturated carbocycles. The van der Waals surface area contributed by atoms with Crippen LogP contribution in [0.5, 0.6) is 0 Å². The number of hydrogen-bond donors (Lipinski definition) is 1. The number of fused-ring (bicyclic) bond motifs is 1. The maximum absolute atomic E-state index is 12.0. The van der Waals surface area contributed by atoms with Crippen molar-refractivity contribution in [2.24, 2.45) is 0 Å². The molecule has 0 fully saturated rings. The first kappa shape index (κ1) is 10.1. The van der Waals surface area contributed by atoms with Crippen LogP contribution >= 0.6 is 0 Å². The molecule has 1 unspecified atom stereocenters. The molecule has 1 aromatic heterocycles. The summed E-state index contributed by atoms with van der Waals surface area (Å²) in [6.45, 7) is 5.69. The summed E-state index contributed by atoms with van der Waals surface area (Å²) in [7, 11) is 0. The first-order valence-corrected chi connectivity index (χ1v) is 4.88. The van der Waals surface area contributed by atoms with Crippen molar-refractivity contribution in [1.82, 2.24) is 9.88 Å². The van der Waals surface area contributed by atoms with Crippen LogP contribution < -0.4 is 0 Å². The van der Waals surface area contributed by atoms with Gasteiger partial charge in [0.25, 0.3) is 5.91 Å². The summed E-state index contributed by atoms with van der Waals surface area (Å²) in [6, 6.07) is 1.68. The van der Waals surface area contributed by atoms with Crippen molar-refractivity contribution in [3.63, 3.8) is 0 Å². The van der Waals surface area contributed by atoms with Crippen molar-refractivity contribution >= 4 is 5.91 Å². The fraction of sp³-hybridized carbons (Fsp3) is 0.455. The monoisotopic (exact) mass is 206 g/mol. The number of hydrogen-bond acceptors (Lipinski definition) is 3. The van der Waals surface area contributed by atoms with Gasteiger partial charge in [0.1, 0.15) is 0 Å². The lowest BCUT2D eigenvalue weighted by molar-refractivity contribution is -0.0228. The van der Waals surface area contributed by atoms with E-state index in [9.17, 15) is 9.90 Å². The van der Waals surface area contributed by atoms with E-state index >= 15 is 0 Å². The zero-order valence-electron chi connectivity index (χ0n) is 9.06. The molecule has 4 heteroatoms. The summed E-state index contributed by atoms with van der Waals surface area (Å²) in [6.07, 6.45) is 2.24. The molecule has 80 valence electrons. The Morgan fingerprint density at radius 3 is 2.67 bits per heavy atom. The molecule has 0 aliphatic carbocycles. The molecule has 0 saturated heterocycles. The third-order valence-corrected chi connectivity index (χ3v) is 2.55. The second-order valence-corrected chi connectivity index (χ2v) is 4.68. The molecule has 0 spiro atoms. The van der Waals surface area contributed by atoms with E-state index in [0.29, 0.717) is 11.1 Å². The Bertz CT molecular complexity index is 409. The highest BCUT2D eigenvalue weighted by atomic mass is 16.3. The Balaban J connectivity index is 2.50. The molecule has 1 amide bonds. The molecular formula is C11H14N2O2. The summed E-state index contributed by atoms with van der Waals surface area (Å²) in [5, 5.41) is 10.0. The van der Waals surface area contributed by atoms with Gasteiger partial charge >= 0.3 is 0 Å². The first-order valence-electron chi connectivity index (χ1n) is 4.88. The second kappa shape index (κ2) is 3.03. The molecule has 4 nitrogen and oxygen atoms in total. The molecule has 1 aromatic rings. The second-order valence-electron chi connectivity index (χ2n) is 4.68. The first-order chi connectivity index (χ1) is 6.93. The zero-order chi connectivity index (χ0) is 11.2. The highest BCUT2D eigenvalue weighted by molar-refractivity contribution is 5.99. The number of carbonyl (C=O) groups excluding carboxylic acids is 1. The number of aliphatic hydroxyl groups excluding tert-OH is 1. The fourth-order valence-corrected chi connectivity index (χ4v) is 1.86. The lowest BCUT2D eigenvalue weighted by Gasteiger charge is -2.34. The number of pyridine rings is 1. The number of aliphatic hydroxyl groups is 1. The predicted molar refractivity (Wildman–Crippen MR) is 55.1 cm³/mol. The van der Waals surface area contributed by atoms with Gasteiger partial charge in [0.05, 0.1) is 5.56 Å². The molecule has 0 aromatic carbocycles. The minimum atomic E-state index is -0.851. The average Bonchev–Trinajstić information content (AvgIpc) is 2.39. The van der Waals surface area contributed by atoms with Gasteiger partial charge in [0.15, 0.2) is 6.23 Å². The van der Waals surface area contributed by atoms with Crippen LogP contribution in [0.3, 0.4) is 0 Å². The molecule has 1 N–H and O–H groups in total. The van der Waals surface area contributed by atoms with Crippen molar-refractivity contribution < 1.29 is 9.90 Å². The van der Waals surface area contributed by atoms with E-state index in [-0.39, 0.29) is 5.91 Å². The van der Waals surface area contributed by atoms with Crippen LogP contribution in [0.15, 0.2) is 18.5 Å². The van der Waals surface area contributed by atoms with Gasteiger partial charge in [-0.05, 0) is 26.8 Å². The van der Waals surface area contributed by atoms with Gasteiger partial charge in [-0.2, -0.15) is 0 Å². The SMILES string of the molecule is CC(C)(C)N1C(=O)c2cnccc2C1O. The molecule has 1 aliphatic heterocycles. The fourth-order valence-electron chi connectivity index (χ4n) is 1.86. The van der Waals surface area contributed by atoms with Crippen LogP contribution in [0.1, 0.15) is 42.9 Å². The highest BCUT2D eigenvalue weighted by Crippen LogP contribution is 2.35. The summed E-state index contributed by atoms with van der Waals surface area (Å²) in [5.41, 5.74) is 0.750. The van der Waals surface area contributed by atoms with Gasteiger partial charge in [0.2, 0.25) is 0 Å². The Hall–Kier alpha value is -1.42. The third-order valence-electron chi connectivity index (χ3n) is 2.55. The third kappa shape index (κ3) is 1.41. The molecule has 1 aliphatic rings. The number of nitrogens with zero attached hydrogens (tertiary/aromatic N) is 2. The van der Waals surface area contributed by atoms with Crippen molar-refractivity contribution in [3.8, 4) is 0 Å². The largest absolute Gasteiger partial charge is 0.369 e. The van der Waals surface area contributed by atoms with E-state index in [1.165, 1.54) is 11.1 Å². The van der Waals surface area contributed by atoms with Gasteiger partial charge in [-0.15, -0.1) is 0 Å². The zero-order valence-corrected chi connectivity index (χ0v) is 9.06. The normalized spacial score (nSPS) is 20.7. The smallest absolute Gasteiger partial charge is 0.258 e. The standard InChI is InChI=1S/C11H14N2O2/c1-11(2,3)13-9(14)7-4-5-12-6-8(7)10(13)15/h4-6,9,14H,1-3H3. The van der Waals surface area contributed by atoms with Gasteiger partial charge in [-0.25, -0.2) is 0 Å². The Morgan fingerprint density at radius 2 is 2.13 bits per heavy atom. The lowest BCUT2D eigenvalue weighted by Crippen LogP contribution is -2.43. The summed E-state index contributed by atoms with van der Waals surface area (Å²) < 4.78 is 0. The van der Waals surface area contributed by atoms with E-state index in [0.717, 1.165) is 0 Å². The minimum absolute atomic E-state index is 0.155. The van der Waals surface area contributed by atoms with E-state index in [1.807, 2.05) is 20.8 Å². The number of rotatable bonds is 0. The van der Waals surface area contributed by atoms with Gasteiger partial charge in [-0.1, -0.05) is 0 Å². The maximum Gasteiger partial charge on any atom is 0.258 e. The molecule has 15 heavy (non-hydrogen) atoms. The number of aromatic nitrogens is 1. The summed E-state index contributed by atoms with van der Waals surface area (Å²) >= 11 is 0. The molecule has 2 rings (SSSR count). The van der Waals surface area contributed by atoms with E-state index < -0.39 is 11.8 Å².